The zero-order valence-electron chi connectivity index (χ0n) is 9.62. The lowest BCUT2D eigenvalue weighted by Gasteiger charge is -2.26. The van der Waals surface area contributed by atoms with Gasteiger partial charge in [-0.1, -0.05) is 0 Å². The average Bonchev–Trinajstić information content (AvgIpc) is 2.35. The van der Waals surface area contributed by atoms with Crippen LogP contribution in [-0.4, -0.2) is 56.7 Å². The van der Waals surface area contributed by atoms with Gasteiger partial charge in [-0.05, 0) is 6.42 Å². The van der Waals surface area contributed by atoms with E-state index >= 15 is 0 Å². The van der Waals surface area contributed by atoms with Gasteiger partial charge in [0.1, 0.15) is 0 Å². The number of urea groups is 1. The Hall–Kier alpha value is -1.30. The summed E-state index contributed by atoms with van der Waals surface area (Å²) in [6.07, 6.45) is 1.15. The summed E-state index contributed by atoms with van der Waals surface area (Å²) >= 11 is 0. The highest BCUT2D eigenvalue weighted by Crippen LogP contribution is 2.01. The van der Waals surface area contributed by atoms with Crippen molar-refractivity contribution in [1.29, 1.82) is 0 Å². The predicted octanol–water partition coefficient (Wildman–Crippen LogP) is -0.446. The molecular formula is C10H19N3O3. The largest absolute Gasteiger partial charge is 0.378 e. The fourth-order valence-electron chi connectivity index (χ4n) is 1.50. The third-order valence-corrected chi connectivity index (χ3v) is 2.44. The molecule has 1 fully saturated rings. The highest BCUT2D eigenvalue weighted by atomic mass is 16.5. The molecule has 0 aromatic rings. The number of ether oxygens (including phenoxy) is 1. The molecule has 1 heterocycles. The van der Waals surface area contributed by atoms with Gasteiger partial charge in [0.05, 0.1) is 13.2 Å². The van der Waals surface area contributed by atoms with Crippen LogP contribution in [0.3, 0.4) is 0 Å². The van der Waals surface area contributed by atoms with E-state index in [-0.39, 0.29) is 11.9 Å². The molecule has 1 aliphatic rings. The quantitative estimate of drug-likeness (QED) is 0.642. The maximum absolute atomic E-state index is 11.7. The summed E-state index contributed by atoms with van der Waals surface area (Å²) in [6, 6.07) is -0.209. The van der Waals surface area contributed by atoms with Gasteiger partial charge in [-0.15, -0.1) is 0 Å². The first-order chi connectivity index (χ1) is 7.74. The number of carbonyl (C=O) groups is 2. The first-order valence-corrected chi connectivity index (χ1v) is 5.55. The molecule has 0 bridgehead atoms. The summed E-state index contributed by atoms with van der Waals surface area (Å²) in [6.45, 7) is 3.14. The monoisotopic (exact) mass is 229 g/mol. The SMILES string of the molecule is CNC(=O)NCCCC(=O)N1CCOCC1. The second-order valence-electron chi connectivity index (χ2n) is 3.60. The molecule has 1 aliphatic heterocycles. The van der Waals surface area contributed by atoms with Crippen molar-refractivity contribution in [3.8, 4) is 0 Å². The first-order valence-electron chi connectivity index (χ1n) is 5.55. The topological polar surface area (TPSA) is 70.7 Å². The van der Waals surface area contributed by atoms with Gasteiger partial charge in [0.2, 0.25) is 5.91 Å². The van der Waals surface area contributed by atoms with Crippen LogP contribution in [0.2, 0.25) is 0 Å². The van der Waals surface area contributed by atoms with Gasteiger partial charge in [-0.3, -0.25) is 4.79 Å². The van der Waals surface area contributed by atoms with Crippen LogP contribution in [0, 0.1) is 0 Å². The minimum atomic E-state index is -0.209. The number of hydrogen-bond acceptors (Lipinski definition) is 3. The Labute approximate surface area is 95.3 Å². The normalized spacial score (nSPS) is 15.7. The van der Waals surface area contributed by atoms with Crippen LogP contribution in [-0.2, 0) is 9.53 Å². The van der Waals surface area contributed by atoms with Crippen molar-refractivity contribution in [1.82, 2.24) is 15.5 Å². The molecule has 6 heteroatoms. The van der Waals surface area contributed by atoms with Crippen LogP contribution in [0.1, 0.15) is 12.8 Å². The fraction of sp³-hybridized carbons (Fsp3) is 0.800. The van der Waals surface area contributed by atoms with Crippen molar-refractivity contribution >= 4 is 11.9 Å². The van der Waals surface area contributed by atoms with Gasteiger partial charge in [0.15, 0.2) is 0 Å². The van der Waals surface area contributed by atoms with Crippen LogP contribution < -0.4 is 10.6 Å². The zero-order chi connectivity index (χ0) is 11.8. The molecule has 0 radical (unpaired) electrons. The zero-order valence-corrected chi connectivity index (χ0v) is 9.62. The number of amides is 3. The molecule has 0 atom stereocenters. The van der Waals surface area contributed by atoms with E-state index < -0.39 is 0 Å². The third kappa shape index (κ3) is 4.48. The van der Waals surface area contributed by atoms with E-state index in [4.69, 9.17) is 4.74 Å². The number of morpholine rings is 1. The number of carbonyl (C=O) groups excluding carboxylic acids is 2. The molecule has 1 saturated heterocycles. The van der Waals surface area contributed by atoms with Crippen LogP contribution in [0.25, 0.3) is 0 Å². The van der Waals surface area contributed by atoms with E-state index in [1.165, 1.54) is 0 Å². The van der Waals surface area contributed by atoms with E-state index in [9.17, 15) is 9.59 Å². The van der Waals surface area contributed by atoms with Crippen molar-refractivity contribution in [3.05, 3.63) is 0 Å². The number of hydrogen-bond donors (Lipinski definition) is 2. The fourth-order valence-corrected chi connectivity index (χ4v) is 1.50. The minimum absolute atomic E-state index is 0.141. The lowest BCUT2D eigenvalue weighted by molar-refractivity contribution is -0.135. The lowest BCUT2D eigenvalue weighted by atomic mass is 10.2. The molecule has 3 amide bonds. The van der Waals surface area contributed by atoms with E-state index in [0.29, 0.717) is 45.7 Å². The molecule has 1 rings (SSSR count). The molecule has 0 aliphatic carbocycles. The Morgan fingerprint density at radius 1 is 1.31 bits per heavy atom. The first kappa shape index (κ1) is 12.8. The highest BCUT2D eigenvalue weighted by molar-refractivity contribution is 5.76. The van der Waals surface area contributed by atoms with Gasteiger partial charge in [0.25, 0.3) is 0 Å². The summed E-state index contributed by atoms with van der Waals surface area (Å²) in [5.74, 6) is 0.141. The summed E-state index contributed by atoms with van der Waals surface area (Å²) < 4.78 is 5.16. The van der Waals surface area contributed by atoms with Crippen molar-refractivity contribution in [2.24, 2.45) is 0 Å². The maximum atomic E-state index is 11.7. The van der Waals surface area contributed by atoms with Gasteiger partial charge in [-0.2, -0.15) is 0 Å². The summed E-state index contributed by atoms with van der Waals surface area (Å²) in [5.41, 5.74) is 0. The van der Waals surface area contributed by atoms with Crippen molar-refractivity contribution in [3.63, 3.8) is 0 Å². The highest BCUT2D eigenvalue weighted by Gasteiger charge is 2.15. The van der Waals surface area contributed by atoms with E-state index in [1.54, 1.807) is 7.05 Å². The van der Waals surface area contributed by atoms with Gasteiger partial charge >= 0.3 is 6.03 Å². The Bertz CT molecular complexity index is 239. The molecular weight excluding hydrogens is 210 g/mol. The van der Waals surface area contributed by atoms with Crippen molar-refractivity contribution < 1.29 is 14.3 Å². The third-order valence-electron chi connectivity index (χ3n) is 2.44. The molecule has 0 aromatic heterocycles. The van der Waals surface area contributed by atoms with Gasteiger partial charge in [0, 0.05) is 33.1 Å². The molecule has 0 saturated carbocycles. The minimum Gasteiger partial charge on any atom is -0.378 e. The lowest BCUT2D eigenvalue weighted by Crippen LogP contribution is -2.41. The van der Waals surface area contributed by atoms with E-state index in [1.807, 2.05) is 4.90 Å². The van der Waals surface area contributed by atoms with E-state index in [2.05, 4.69) is 10.6 Å². The Balaban J connectivity index is 2.07. The van der Waals surface area contributed by atoms with Gasteiger partial charge < -0.3 is 20.3 Å². The number of nitrogens with zero attached hydrogens (tertiary/aromatic N) is 1. The van der Waals surface area contributed by atoms with Crippen molar-refractivity contribution in [2.45, 2.75) is 12.8 Å². The van der Waals surface area contributed by atoms with Crippen LogP contribution in [0.15, 0.2) is 0 Å². The molecule has 0 aromatic carbocycles. The van der Waals surface area contributed by atoms with Crippen LogP contribution in [0.4, 0.5) is 4.79 Å². The molecule has 0 spiro atoms. The standard InChI is InChI=1S/C10H19N3O3/c1-11-10(15)12-4-2-3-9(14)13-5-7-16-8-6-13/h2-8H2,1H3,(H2,11,12,15). The Morgan fingerprint density at radius 3 is 2.62 bits per heavy atom. The molecule has 16 heavy (non-hydrogen) atoms. The second-order valence-corrected chi connectivity index (χ2v) is 3.60. The van der Waals surface area contributed by atoms with Crippen LogP contribution in [0.5, 0.6) is 0 Å². The average molecular weight is 229 g/mol. The predicted molar refractivity (Wildman–Crippen MR) is 59.1 cm³/mol. The van der Waals surface area contributed by atoms with Crippen molar-refractivity contribution in [2.75, 3.05) is 39.9 Å². The molecule has 92 valence electrons. The molecule has 6 nitrogen and oxygen atoms in total. The molecule has 0 unspecified atom stereocenters. The Morgan fingerprint density at radius 2 is 2.00 bits per heavy atom. The smallest absolute Gasteiger partial charge is 0.314 e. The van der Waals surface area contributed by atoms with E-state index in [0.717, 1.165) is 0 Å². The second kappa shape index (κ2) is 7.05. The van der Waals surface area contributed by atoms with Gasteiger partial charge in [-0.25, -0.2) is 4.79 Å². The Kier molecular flexibility index (Phi) is 5.63. The summed E-state index contributed by atoms with van der Waals surface area (Å²) in [4.78, 5) is 24.3. The number of rotatable bonds is 4. The number of nitrogens with one attached hydrogen (secondary N) is 2. The summed E-state index contributed by atoms with van der Waals surface area (Å²) in [7, 11) is 1.56. The summed E-state index contributed by atoms with van der Waals surface area (Å²) in [5, 5.41) is 5.10. The van der Waals surface area contributed by atoms with Crippen LogP contribution >= 0.6 is 0 Å². The molecule has 2 N–H and O–H groups in total. The maximum Gasteiger partial charge on any atom is 0.314 e.